The van der Waals surface area contributed by atoms with Crippen molar-refractivity contribution in [1.29, 1.82) is 0 Å². The van der Waals surface area contributed by atoms with Crippen LogP contribution in [0.25, 0.3) is 0 Å². The van der Waals surface area contributed by atoms with Gasteiger partial charge in [-0.05, 0) is 37.7 Å². The molecule has 170 valence electrons. The van der Waals surface area contributed by atoms with E-state index >= 15 is 0 Å². The highest BCUT2D eigenvalue weighted by atomic mass is 32.2. The number of hydrogen-bond donors (Lipinski definition) is 1. The van der Waals surface area contributed by atoms with E-state index in [0.29, 0.717) is 31.5 Å². The third-order valence-electron chi connectivity index (χ3n) is 5.98. The molecule has 0 aromatic heterocycles. The highest BCUT2D eigenvalue weighted by Crippen LogP contribution is 2.24. The molecule has 31 heavy (non-hydrogen) atoms. The summed E-state index contributed by atoms with van der Waals surface area (Å²) in [7, 11) is -3.69. The van der Waals surface area contributed by atoms with Crippen LogP contribution in [0.2, 0.25) is 0 Å². The molecule has 2 aliphatic heterocycles. The second-order valence-electron chi connectivity index (χ2n) is 8.41. The summed E-state index contributed by atoms with van der Waals surface area (Å²) >= 11 is 0. The Kier molecular flexibility index (Phi) is 7.69. The number of amides is 2. The standard InChI is InChI=1S/C22H30N2O6S/c25-20(23-11-5-2-6-12-23)14-18(21(26)24-13-7-10-19(24)22(27)28)16-31(29,30)15-17-8-3-1-4-9-17/h1,3-4,8-9,18-19H,2,5-7,10-16H2,(H,27,28)/t18-,19-/m0/s1. The lowest BCUT2D eigenvalue weighted by Crippen LogP contribution is -2.47. The lowest BCUT2D eigenvalue weighted by atomic mass is 10.0. The minimum Gasteiger partial charge on any atom is -0.480 e. The molecule has 1 aromatic rings. The second kappa shape index (κ2) is 10.3. The number of piperidine rings is 1. The van der Waals surface area contributed by atoms with E-state index in [1.165, 1.54) is 4.90 Å². The van der Waals surface area contributed by atoms with Gasteiger partial charge >= 0.3 is 5.97 Å². The molecule has 2 saturated heterocycles. The number of hydrogen-bond acceptors (Lipinski definition) is 5. The number of nitrogens with zero attached hydrogens (tertiary/aromatic N) is 2. The molecule has 9 heteroatoms. The van der Waals surface area contributed by atoms with Crippen LogP contribution in [0.3, 0.4) is 0 Å². The van der Waals surface area contributed by atoms with E-state index in [2.05, 4.69) is 0 Å². The molecule has 1 aromatic carbocycles. The van der Waals surface area contributed by atoms with Gasteiger partial charge in [-0.3, -0.25) is 9.59 Å². The molecular formula is C22H30N2O6S. The predicted octanol–water partition coefficient (Wildman–Crippen LogP) is 1.70. The first-order valence-corrected chi connectivity index (χ1v) is 12.6. The molecule has 0 radical (unpaired) electrons. The highest BCUT2D eigenvalue weighted by Gasteiger charge is 2.39. The summed E-state index contributed by atoms with van der Waals surface area (Å²) < 4.78 is 25.8. The van der Waals surface area contributed by atoms with Gasteiger partial charge in [-0.2, -0.15) is 0 Å². The monoisotopic (exact) mass is 450 g/mol. The zero-order valence-corrected chi connectivity index (χ0v) is 18.4. The van der Waals surface area contributed by atoms with Crippen molar-refractivity contribution in [2.24, 2.45) is 5.92 Å². The Morgan fingerprint density at radius 1 is 1.00 bits per heavy atom. The van der Waals surface area contributed by atoms with Crippen molar-refractivity contribution in [2.75, 3.05) is 25.4 Å². The average molecular weight is 451 g/mol. The lowest BCUT2D eigenvalue weighted by Gasteiger charge is -2.30. The number of carboxylic acids is 1. The minimum atomic E-state index is -3.69. The van der Waals surface area contributed by atoms with Gasteiger partial charge in [-0.15, -0.1) is 0 Å². The number of benzene rings is 1. The molecule has 0 bridgehead atoms. The van der Waals surface area contributed by atoms with Gasteiger partial charge in [-0.25, -0.2) is 13.2 Å². The Labute approximate surface area is 183 Å². The highest BCUT2D eigenvalue weighted by molar-refractivity contribution is 7.90. The molecule has 0 spiro atoms. The van der Waals surface area contributed by atoms with Crippen LogP contribution < -0.4 is 0 Å². The number of aliphatic carboxylic acids is 1. The molecule has 8 nitrogen and oxygen atoms in total. The smallest absolute Gasteiger partial charge is 0.326 e. The zero-order chi connectivity index (χ0) is 22.4. The van der Waals surface area contributed by atoms with Crippen molar-refractivity contribution >= 4 is 27.6 Å². The van der Waals surface area contributed by atoms with Gasteiger partial charge < -0.3 is 14.9 Å². The van der Waals surface area contributed by atoms with Gasteiger partial charge in [0, 0.05) is 26.1 Å². The second-order valence-corrected chi connectivity index (χ2v) is 10.5. The van der Waals surface area contributed by atoms with Crippen molar-refractivity contribution in [2.45, 2.75) is 50.3 Å². The van der Waals surface area contributed by atoms with Crippen molar-refractivity contribution in [1.82, 2.24) is 9.80 Å². The Bertz CT molecular complexity index is 896. The number of rotatable bonds is 8. The maximum atomic E-state index is 13.2. The van der Waals surface area contributed by atoms with E-state index in [1.54, 1.807) is 35.2 Å². The summed E-state index contributed by atoms with van der Waals surface area (Å²) in [5, 5.41) is 9.44. The number of likely N-dealkylation sites (tertiary alicyclic amines) is 2. The van der Waals surface area contributed by atoms with Crippen LogP contribution in [0.5, 0.6) is 0 Å². The predicted molar refractivity (Wildman–Crippen MR) is 115 cm³/mol. The molecule has 2 fully saturated rings. The van der Waals surface area contributed by atoms with Gasteiger partial charge in [0.1, 0.15) is 6.04 Å². The molecular weight excluding hydrogens is 420 g/mol. The Morgan fingerprint density at radius 3 is 2.32 bits per heavy atom. The first kappa shape index (κ1) is 23.2. The van der Waals surface area contributed by atoms with Crippen LogP contribution in [-0.4, -0.2) is 72.5 Å². The largest absolute Gasteiger partial charge is 0.480 e. The van der Waals surface area contributed by atoms with E-state index in [0.717, 1.165) is 19.3 Å². The van der Waals surface area contributed by atoms with Gasteiger partial charge in [0.05, 0.1) is 17.4 Å². The van der Waals surface area contributed by atoms with Crippen LogP contribution >= 0.6 is 0 Å². The Morgan fingerprint density at radius 2 is 1.68 bits per heavy atom. The molecule has 0 unspecified atom stereocenters. The lowest BCUT2D eigenvalue weighted by molar-refractivity contribution is -0.150. The Balaban J connectivity index is 1.78. The van der Waals surface area contributed by atoms with Crippen molar-refractivity contribution < 1.29 is 27.9 Å². The van der Waals surface area contributed by atoms with Crippen molar-refractivity contribution in [3.63, 3.8) is 0 Å². The molecule has 0 aliphatic carbocycles. The summed E-state index contributed by atoms with van der Waals surface area (Å²) in [6.07, 6.45) is 3.51. The summed E-state index contributed by atoms with van der Waals surface area (Å²) in [6.45, 7) is 1.49. The van der Waals surface area contributed by atoms with Gasteiger partial charge in [0.25, 0.3) is 0 Å². The van der Waals surface area contributed by atoms with E-state index in [9.17, 15) is 27.9 Å². The fourth-order valence-electron chi connectivity index (χ4n) is 4.42. The first-order valence-electron chi connectivity index (χ1n) is 10.8. The minimum absolute atomic E-state index is 0.213. The van der Waals surface area contributed by atoms with Crippen LogP contribution in [0.15, 0.2) is 30.3 Å². The van der Waals surface area contributed by atoms with E-state index in [4.69, 9.17) is 0 Å². The van der Waals surface area contributed by atoms with Crippen molar-refractivity contribution in [3.8, 4) is 0 Å². The van der Waals surface area contributed by atoms with Crippen LogP contribution in [0.4, 0.5) is 0 Å². The topological polar surface area (TPSA) is 112 Å². The number of carbonyl (C=O) groups excluding carboxylic acids is 2. The molecule has 2 amide bonds. The quantitative estimate of drug-likeness (QED) is 0.645. The SMILES string of the molecule is O=C(O)[C@@H]1CCCN1C(=O)[C@@H](CC(=O)N1CCCCC1)CS(=O)(=O)Cc1ccccc1. The van der Waals surface area contributed by atoms with Gasteiger partial charge in [-0.1, -0.05) is 30.3 Å². The van der Waals surface area contributed by atoms with Crippen LogP contribution in [0.1, 0.15) is 44.1 Å². The molecule has 0 saturated carbocycles. The Hall–Kier alpha value is -2.42. The summed E-state index contributed by atoms with van der Waals surface area (Å²) in [6, 6.07) is 7.72. The van der Waals surface area contributed by atoms with Gasteiger partial charge in [0.2, 0.25) is 11.8 Å². The fourth-order valence-corrected chi connectivity index (χ4v) is 6.11. The van der Waals surface area contributed by atoms with Crippen molar-refractivity contribution in [3.05, 3.63) is 35.9 Å². The molecule has 2 atom stereocenters. The first-order chi connectivity index (χ1) is 14.8. The molecule has 1 N–H and O–H groups in total. The van der Waals surface area contributed by atoms with Crippen LogP contribution in [-0.2, 0) is 30.0 Å². The third-order valence-corrected chi connectivity index (χ3v) is 7.67. The van der Waals surface area contributed by atoms with Crippen LogP contribution in [0, 0.1) is 5.92 Å². The van der Waals surface area contributed by atoms with Gasteiger partial charge in [0.15, 0.2) is 9.84 Å². The fraction of sp³-hybridized carbons (Fsp3) is 0.591. The normalized spacial score (nSPS) is 20.5. The van der Waals surface area contributed by atoms with E-state index in [1.807, 2.05) is 0 Å². The zero-order valence-electron chi connectivity index (χ0n) is 17.6. The summed E-state index contributed by atoms with van der Waals surface area (Å²) in [5.74, 6) is -3.66. The number of carbonyl (C=O) groups is 3. The maximum Gasteiger partial charge on any atom is 0.326 e. The third kappa shape index (κ3) is 6.29. The molecule has 3 rings (SSSR count). The summed E-state index contributed by atoms with van der Waals surface area (Å²) in [4.78, 5) is 40.5. The number of carboxylic acid groups (broad SMARTS) is 1. The van der Waals surface area contributed by atoms with E-state index in [-0.39, 0.29) is 24.6 Å². The molecule has 2 heterocycles. The summed E-state index contributed by atoms with van der Waals surface area (Å²) in [5.41, 5.74) is 0.612. The maximum absolute atomic E-state index is 13.2. The molecule has 2 aliphatic rings. The number of sulfone groups is 1. The average Bonchev–Trinajstić information content (AvgIpc) is 3.24. The van der Waals surface area contributed by atoms with E-state index < -0.39 is 39.4 Å².